The number of carbonyl (C=O) groups excluding carboxylic acids is 1. The quantitative estimate of drug-likeness (QED) is 0.614. The molecule has 2 rings (SSSR count). The van der Waals surface area contributed by atoms with Crippen LogP contribution in [0.25, 0.3) is 0 Å². The zero-order valence-electron chi connectivity index (χ0n) is 10.1. The number of nitrogens with zero attached hydrogens (tertiary/aromatic N) is 2. The summed E-state index contributed by atoms with van der Waals surface area (Å²) in [7, 11) is 1.34. The Morgan fingerprint density at radius 3 is 2.79 bits per heavy atom. The van der Waals surface area contributed by atoms with Crippen LogP contribution in [0.2, 0.25) is 0 Å². The maximum Gasteiger partial charge on any atom is 0.316 e. The van der Waals surface area contributed by atoms with Crippen molar-refractivity contribution in [1.29, 1.82) is 0 Å². The van der Waals surface area contributed by atoms with E-state index < -0.39 is 0 Å². The number of benzene rings is 1. The minimum Gasteiger partial charge on any atom is -0.468 e. The highest BCUT2D eigenvalue weighted by atomic mass is 79.9. The smallest absolute Gasteiger partial charge is 0.316 e. The Balaban J connectivity index is 1.93. The lowest BCUT2D eigenvalue weighted by Gasteiger charge is -1.97. The summed E-state index contributed by atoms with van der Waals surface area (Å²) in [5.74, 6) is 0.364. The van der Waals surface area contributed by atoms with E-state index in [9.17, 15) is 4.79 Å². The van der Waals surface area contributed by atoms with Gasteiger partial charge in [-0.1, -0.05) is 39.8 Å². The highest BCUT2D eigenvalue weighted by Crippen LogP contribution is 2.18. The molecule has 0 aliphatic carbocycles. The molecule has 0 radical (unpaired) electrons. The first kappa shape index (κ1) is 14.1. The average molecular weight is 343 g/mol. The second-order valence-corrected chi connectivity index (χ2v) is 5.47. The van der Waals surface area contributed by atoms with Crippen molar-refractivity contribution in [2.45, 2.75) is 11.6 Å². The highest BCUT2D eigenvalue weighted by Gasteiger charge is 2.10. The van der Waals surface area contributed by atoms with E-state index in [0.717, 1.165) is 21.8 Å². The molecule has 0 spiro atoms. The molecule has 0 saturated heterocycles. The lowest BCUT2D eigenvalue weighted by atomic mass is 10.2. The molecule has 1 aromatic carbocycles. The summed E-state index contributed by atoms with van der Waals surface area (Å²) >= 11 is 4.54. The van der Waals surface area contributed by atoms with Crippen LogP contribution in [0.4, 0.5) is 0 Å². The van der Waals surface area contributed by atoms with Gasteiger partial charge in [-0.15, -0.1) is 10.2 Å². The van der Waals surface area contributed by atoms with Gasteiger partial charge in [0.1, 0.15) is 5.75 Å². The molecule has 0 aliphatic heterocycles. The van der Waals surface area contributed by atoms with Gasteiger partial charge in [0.05, 0.1) is 13.5 Å². The lowest BCUT2D eigenvalue weighted by molar-refractivity contribution is -0.137. The second kappa shape index (κ2) is 6.72. The summed E-state index contributed by atoms with van der Waals surface area (Å²) in [6.45, 7) is 0. The largest absolute Gasteiger partial charge is 0.468 e. The molecule has 19 heavy (non-hydrogen) atoms. The van der Waals surface area contributed by atoms with E-state index in [4.69, 9.17) is 4.42 Å². The van der Waals surface area contributed by atoms with Crippen LogP contribution in [0.5, 0.6) is 0 Å². The number of esters is 1. The molecule has 0 bridgehead atoms. The van der Waals surface area contributed by atoms with E-state index in [0.29, 0.717) is 17.5 Å². The normalized spacial score (nSPS) is 10.4. The third-order valence-corrected chi connectivity index (χ3v) is 3.58. The highest BCUT2D eigenvalue weighted by molar-refractivity contribution is 9.10. The molecular weight excluding hydrogens is 332 g/mol. The minimum absolute atomic E-state index is 0.163. The van der Waals surface area contributed by atoms with E-state index in [1.54, 1.807) is 0 Å². The second-order valence-electron chi connectivity index (χ2n) is 3.63. The zero-order chi connectivity index (χ0) is 13.7. The number of ether oxygens (including phenoxy) is 1. The SMILES string of the molecule is COC(=O)CSc1nnc(Cc2ccc(Br)cc2)o1. The number of aromatic nitrogens is 2. The molecule has 5 nitrogen and oxygen atoms in total. The predicted molar refractivity (Wildman–Crippen MR) is 74.0 cm³/mol. The van der Waals surface area contributed by atoms with Crippen LogP contribution in [0.1, 0.15) is 11.5 Å². The van der Waals surface area contributed by atoms with Crippen LogP contribution < -0.4 is 0 Å². The lowest BCUT2D eigenvalue weighted by Crippen LogP contribution is -2.02. The standard InChI is InChI=1S/C12H11BrN2O3S/c1-17-11(16)7-19-12-15-14-10(18-12)6-8-2-4-9(13)5-3-8/h2-5H,6-7H2,1H3. The Bertz CT molecular complexity index is 556. The summed E-state index contributed by atoms with van der Waals surface area (Å²) in [6.07, 6.45) is 0.569. The van der Waals surface area contributed by atoms with Crippen molar-refractivity contribution in [3.63, 3.8) is 0 Å². The third-order valence-electron chi connectivity index (χ3n) is 2.26. The average Bonchev–Trinajstić information content (AvgIpc) is 2.86. The van der Waals surface area contributed by atoms with Crippen LogP contribution in [0, 0.1) is 0 Å². The van der Waals surface area contributed by atoms with Gasteiger partial charge in [-0.3, -0.25) is 4.79 Å². The zero-order valence-corrected chi connectivity index (χ0v) is 12.5. The van der Waals surface area contributed by atoms with Crippen LogP contribution >= 0.6 is 27.7 Å². The molecular formula is C12H11BrN2O3S. The Kier molecular flexibility index (Phi) is 4.98. The van der Waals surface area contributed by atoms with Gasteiger partial charge in [0.15, 0.2) is 0 Å². The Morgan fingerprint density at radius 2 is 2.11 bits per heavy atom. The topological polar surface area (TPSA) is 65.2 Å². The molecule has 0 unspecified atom stereocenters. The van der Waals surface area contributed by atoms with Crippen molar-refractivity contribution in [3.8, 4) is 0 Å². The number of hydrogen-bond acceptors (Lipinski definition) is 6. The maximum atomic E-state index is 11.0. The molecule has 0 atom stereocenters. The molecule has 0 N–H and O–H groups in total. The maximum absolute atomic E-state index is 11.0. The fraction of sp³-hybridized carbons (Fsp3) is 0.250. The van der Waals surface area contributed by atoms with Crippen LogP contribution in [-0.2, 0) is 16.0 Å². The molecule has 0 fully saturated rings. The number of rotatable bonds is 5. The Labute approximate surface area is 122 Å². The molecule has 0 saturated carbocycles. The monoisotopic (exact) mass is 342 g/mol. The first-order chi connectivity index (χ1) is 9.17. The van der Waals surface area contributed by atoms with E-state index in [1.165, 1.54) is 7.11 Å². The number of hydrogen-bond donors (Lipinski definition) is 0. The fourth-order valence-corrected chi connectivity index (χ4v) is 2.20. The number of methoxy groups -OCH3 is 1. The molecule has 1 heterocycles. The van der Waals surface area contributed by atoms with Gasteiger partial charge in [-0.25, -0.2) is 0 Å². The van der Waals surface area contributed by atoms with Gasteiger partial charge < -0.3 is 9.15 Å². The van der Waals surface area contributed by atoms with E-state index >= 15 is 0 Å². The molecule has 0 aliphatic rings. The number of carbonyl (C=O) groups is 1. The summed E-state index contributed by atoms with van der Waals surface area (Å²) < 4.78 is 11.0. The van der Waals surface area contributed by atoms with Crippen molar-refractivity contribution in [3.05, 3.63) is 40.2 Å². The molecule has 100 valence electrons. The van der Waals surface area contributed by atoms with Crippen molar-refractivity contribution in [2.75, 3.05) is 12.9 Å². The summed E-state index contributed by atoms with van der Waals surface area (Å²) in [6, 6.07) is 7.88. The van der Waals surface area contributed by atoms with Crippen LogP contribution in [0.15, 0.2) is 38.4 Å². The van der Waals surface area contributed by atoms with E-state index in [-0.39, 0.29) is 11.7 Å². The van der Waals surface area contributed by atoms with Gasteiger partial charge in [-0.05, 0) is 17.7 Å². The van der Waals surface area contributed by atoms with Gasteiger partial charge >= 0.3 is 5.97 Å². The summed E-state index contributed by atoms with van der Waals surface area (Å²) in [5.41, 5.74) is 1.08. The first-order valence-electron chi connectivity index (χ1n) is 5.44. The van der Waals surface area contributed by atoms with E-state index in [1.807, 2.05) is 24.3 Å². The van der Waals surface area contributed by atoms with Gasteiger partial charge in [-0.2, -0.15) is 0 Å². The van der Waals surface area contributed by atoms with Gasteiger partial charge in [0, 0.05) is 4.47 Å². The Hall–Kier alpha value is -1.34. The van der Waals surface area contributed by atoms with Crippen molar-refractivity contribution >= 4 is 33.7 Å². The van der Waals surface area contributed by atoms with Crippen molar-refractivity contribution in [2.24, 2.45) is 0 Å². The predicted octanol–water partition coefficient (Wildman–Crippen LogP) is 2.69. The molecule has 7 heteroatoms. The molecule has 1 aromatic heterocycles. The fourth-order valence-electron chi connectivity index (χ4n) is 1.32. The summed E-state index contributed by atoms with van der Waals surface area (Å²) in [5, 5.41) is 8.17. The molecule has 2 aromatic rings. The van der Waals surface area contributed by atoms with Crippen LogP contribution in [-0.4, -0.2) is 29.0 Å². The number of halogens is 1. The third kappa shape index (κ3) is 4.36. The minimum atomic E-state index is -0.322. The summed E-state index contributed by atoms with van der Waals surface area (Å²) in [4.78, 5) is 11.0. The van der Waals surface area contributed by atoms with Gasteiger partial charge in [0.2, 0.25) is 5.89 Å². The van der Waals surface area contributed by atoms with E-state index in [2.05, 4.69) is 30.9 Å². The molecule has 0 amide bonds. The Morgan fingerprint density at radius 1 is 1.37 bits per heavy atom. The first-order valence-corrected chi connectivity index (χ1v) is 7.21. The number of thioether (sulfide) groups is 1. The van der Waals surface area contributed by atoms with Crippen molar-refractivity contribution in [1.82, 2.24) is 10.2 Å². The van der Waals surface area contributed by atoms with Gasteiger partial charge in [0.25, 0.3) is 5.22 Å². The van der Waals surface area contributed by atoms with Crippen LogP contribution in [0.3, 0.4) is 0 Å². The van der Waals surface area contributed by atoms with Crippen molar-refractivity contribution < 1.29 is 13.9 Å².